The maximum absolute atomic E-state index is 3.14. The fourth-order valence-corrected chi connectivity index (χ4v) is 2.81. The fourth-order valence-electron chi connectivity index (χ4n) is 2.81. The van der Waals surface area contributed by atoms with Gasteiger partial charge in [-0.05, 0) is 40.9 Å². The van der Waals surface area contributed by atoms with Gasteiger partial charge in [0.25, 0.3) is 0 Å². The highest BCUT2D eigenvalue weighted by Crippen LogP contribution is 2.23. The van der Waals surface area contributed by atoms with Crippen LogP contribution in [-0.4, -0.2) is 13.6 Å². The number of benzene rings is 3. The summed E-state index contributed by atoms with van der Waals surface area (Å²) in [4.78, 5) is 0. The monoisotopic (exact) mass is 287 g/mol. The first kappa shape index (κ1) is 14.6. The van der Waals surface area contributed by atoms with Crippen LogP contribution in [0.15, 0.2) is 72.8 Å². The normalized spacial score (nSPS) is 11.3. The topological polar surface area (TPSA) is 12.0 Å². The standard InChI is InChI=1S/C21H21N/c1-22-15-7-13-17-8-2-3-10-19(17)16-20-12-6-11-18-9-4-5-14-21(18)20/h2-14,22H,15-16H2,1H3/b13-7+. The SMILES string of the molecule is CNC/C=C/c1ccccc1Cc1cccc2ccccc12. The first-order valence-electron chi connectivity index (χ1n) is 7.74. The van der Waals surface area contributed by atoms with Gasteiger partial charge in [-0.1, -0.05) is 78.9 Å². The Morgan fingerprint density at radius 2 is 1.55 bits per heavy atom. The molecule has 3 rings (SSSR count). The maximum atomic E-state index is 3.14. The summed E-state index contributed by atoms with van der Waals surface area (Å²) in [6.07, 6.45) is 5.33. The van der Waals surface area contributed by atoms with Crippen molar-refractivity contribution in [3.8, 4) is 0 Å². The second-order valence-corrected chi connectivity index (χ2v) is 5.47. The third kappa shape index (κ3) is 3.26. The van der Waals surface area contributed by atoms with E-state index >= 15 is 0 Å². The highest BCUT2D eigenvalue weighted by molar-refractivity contribution is 5.86. The second kappa shape index (κ2) is 7.06. The number of likely N-dealkylation sites (N-methyl/N-ethyl adjacent to an activating group) is 1. The van der Waals surface area contributed by atoms with Gasteiger partial charge in [0.1, 0.15) is 0 Å². The number of hydrogen-bond acceptors (Lipinski definition) is 1. The molecule has 3 aromatic rings. The lowest BCUT2D eigenvalue weighted by Gasteiger charge is -2.09. The van der Waals surface area contributed by atoms with Crippen molar-refractivity contribution < 1.29 is 0 Å². The molecule has 0 amide bonds. The van der Waals surface area contributed by atoms with E-state index in [2.05, 4.69) is 84.2 Å². The van der Waals surface area contributed by atoms with E-state index in [-0.39, 0.29) is 0 Å². The van der Waals surface area contributed by atoms with Gasteiger partial charge in [0.2, 0.25) is 0 Å². The Hall–Kier alpha value is -2.38. The van der Waals surface area contributed by atoms with Gasteiger partial charge in [0, 0.05) is 6.54 Å². The Labute approximate surface area is 132 Å². The molecule has 1 nitrogen and oxygen atoms in total. The van der Waals surface area contributed by atoms with Crippen LogP contribution in [0.1, 0.15) is 16.7 Å². The van der Waals surface area contributed by atoms with E-state index in [0.29, 0.717) is 0 Å². The molecule has 22 heavy (non-hydrogen) atoms. The molecule has 3 aromatic carbocycles. The van der Waals surface area contributed by atoms with Gasteiger partial charge >= 0.3 is 0 Å². The molecule has 1 heteroatoms. The number of rotatable bonds is 5. The summed E-state index contributed by atoms with van der Waals surface area (Å²) < 4.78 is 0. The van der Waals surface area contributed by atoms with E-state index in [4.69, 9.17) is 0 Å². The molecular formula is C21H21N. The lowest BCUT2D eigenvalue weighted by atomic mass is 9.95. The molecule has 0 saturated carbocycles. The Bertz CT molecular complexity index is 781. The quantitative estimate of drug-likeness (QED) is 0.719. The summed E-state index contributed by atoms with van der Waals surface area (Å²) in [6.45, 7) is 0.891. The minimum absolute atomic E-state index is 0.891. The van der Waals surface area contributed by atoms with E-state index in [0.717, 1.165) is 13.0 Å². The van der Waals surface area contributed by atoms with Crippen molar-refractivity contribution in [3.05, 3.63) is 89.5 Å². The van der Waals surface area contributed by atoms with E-state index < -0.39 is 0 Å². The lowest BCUT2D eigenvalue weighted by molar-refractivity contribution is 0.922. The summed E-state index contributed by atoms with van der Waals surface area (Å²) in [5, 5.41) is 5.80. The summed E-state index contributed by atoms with van der Waals surface area (Å²) in [5.74, 6) is 0. The second-order valence-electron chi connectivity index (χ2n) is 5.47. The molecule has 0 radical (unpaired) electrons. The largest absolute Gasteiger partial charge is 0.316 e. The summed E-state index contributed by atoms with van der Waals surface area (Å²) in [6, 6.07) is 23.8. The molecule has 0 unspecified atom stereocenters. The highest BCUT2D eigenvalue weighted by Gasteiger charge is 2.04. The van der Waals surface area contributed by atoms with Gasteiger partial charge in [0.15, 0.2) is 0 Å². The van der Waals surface area contributed by atoms with Crippen LogP contribution in [0.4, 0.5) is 0 Å². The van der Waals surface area contributed by atoms with Crippen molar-refractivity contribution in [1.29, 1.82) is 0 Å². The summed E-state index contributed by atoms with van der Waals surface area (Å²) >= 11 is 0. The Balaban J connectivity index is 1.95. The van der Waals surface area contributed by atoms with Crippen molar-refractivity contribution in [1.82, 2.24) is 5.32 Å². The van der Waals surface area contributed by atoms with Crippen molar-refractivity contribution >= 4 is 16.8 Å². The van der Waals surface area contributed by atoms with Gasteiger partial charge in [-0.25, -0.2) is 0 Å². The molecule has 0 atom stereocenters. The molecular weight excluding hydrogens is 266 g/mol. The van der Waals surface area contributed by atoms with E-state index in [9.17, 15) is 0 Å². The summed E-state index contributed by atoms with van der Waals surface area (Å²) in [5.41, 5.74) is 4.05. The van der Waals surface area contributed by atoms with Crippen LogP contribution < -0.4 is 5.32 Å². The van der Waals surface area contributed by atoms with Crippen molar-refractivity contribution in [2.24, 2.45) is 0 Å². The Morgan fingerprint density at radius 1 is 0.818 bits per heavy atom. The summed E-state index contributed by atoms with van der Waals surface area (Å²) in [7, 11) is 1.96. The van der Waals surface area contributed by atoms with Crippen LogP contribution in [0.25, 0.3) is 16.8 Å². The number of fused-ring (bicyclic) bond motifs is 1. The van der Waals surface area contributed by atoms with Crippen LogP contribution in [0.5, 0.6) is 0 Å². The molecule has 1 N–H and O–H groups in total. The molecule has 110 valence electrons. The van der Waals surface area contributed by atoms with Crippen molar-refractivity contribution in [2.75, 3.05) is 13.6 Å². The van der Waals surface area contributed by atoms with Crippen molar-refractivity contribution in [3.63, 3.8) is 0 Å². The maximum Gasteiger partial charge on any atom is 0.0135 e. The van der Waals surface area contributed by atoms with E-state index in [1.165, 1.54) is 27.5 Å². The third-order valence-electron chi connectivity index (χ3n) is 3.94. The van der Waals surface area contributed by atoms with Gasteiger partial charge in [-0.3, -0.25) is 0 Å². The van der Waals surface area contributed by atoms with Crippen molar-refractivity contribution in [2.45, 2.75) is 6.42 Å². The minimum atomic E-state index is 0.891. The third-order valence-corrected chi connectivity index (χ3v) is 3.94. The molecule has 0 heterocycles. The van der Waals surface area contributed by atoms with Gasteiger partial charge in [-0.2, -0.15) is 0 Å². The van der Waals surface area contributed by atoms with E-state index in [1.807, 2.05) is 7.05 Å². The molecule has 0 aliphatic rings. The average molecular weight is 287 g/mol. The zero-order valence-electron chi connectivity index (χ0n) is 12.9. The minimum Gasteiger partial charge on any atom is -0.316 e. The lowest BCUT2D eigenvalue weighted by Crippen LogP contribution is -2.03. The zero-order valence-corrected chi connectivity index (χ0v) is 12.9. The zero-order chi connectivity index (χ0) is 15.2. The molecule has 0 bridgehead atoms. The van der Waals surface area contributed by atoms with Gasteiger partial charge in [-0.15, -0.1) is 0 Å². The van der Waals surface area contributed by atoms with Crippen LogP contribution in [0, 0.1) is 0 Å². The first-order valence-corrected chi connectivity index (χ1v) is 7.74. The average Bonchev–Trinajstić information content (AvgIpc) is 2.57. The molecule has 0 saturated heterocycles. The number of nitrogens with one attached hydrogen (secondary N) is 1. The smallest absolute Gasteiger partial charge is 0.0135 e. The molecule has 0 aliphatic heterocycles. The first-order chi connectivity index (χ1) is 10.9. The van der Waals surface area contributed by atoms with Gasteiger partial charge in [0.05, 0.1) is 0 Å². The van der Waals surface area contributed by atoms with E-state index in [1.54, 1.807) is 0 Å². The predicted octanol–water partition coefficient (Wildman–Crippen LogP) is 4.66. The molecule has 0 fully saturated rings. The Kier molecular flexibility index (Phi) is 4.67. The molecule has 0 aliphatic carbocycles. The van der Waals surface area contributed by atoms with Gasteiger partial charge < -0.3 is 5.32 Å². The van der Waals surface area contributed by atoms with Crippen LogP contribution >= 0.6 is 0 Å². The molecule has 0 aromatic heterocycles. The van der Waals surface area contributed by atoms with Crippen LogP contribution in [0.3, 0.4) is 0 Å². The highest BCUT2D eigenvalue weighted by atomic mass is 14.8. The molecule has 0 spiro atoms. The predicted molar refractivity (Wildman–Crippen MR) is 96.2 cm³/mol. The number of hydrogen-bond donors (Lipinski definition) is 1. The van der Waals surface area contributed by atoms with Crippen LogP contribution in [-0.2, 0) is 6.42 Å². The Morgan fingerprint density at radius 3 is 2.45 bits per heavy atom. The fraction of sp³-hybridized carbons (Fsp3) is 0.143. The van der Waals surface area contributed by atoms with Crippen LogP contribution in [0.2, 0.25) is 0 Å².